The van der Waals surface area contributed by atoms with Gasteiger partial charge < -0.3 is 9.84 Å². The predicted octanol–water partition coefficient (Wildman–Crippen LogP) is 4.75. The topological polar surface area (TPSA) is 29.5 Å². The Labute approximate surface area is 121 Å². The van der Waals surface area contributed by atoms with E-state index < -0.39 is 11.7 Å². The van der Waals surface area contributed by atoms with Crippen molar-refractivity contribution >= 4 is 15.9 Å². The molecule has 6 heteroatoms. The van der Waals surface area contributed by atoms with E-state index in [2.05, 4.69) is 15.9 Å². The second-order valence-corrected chi connectivity index (χ2v) is 4.87. The lowest BCUT2D eigenvalue weighted by atomic mass is 10.2. The molecular formula is C14H10BrF3O2. The smallest absolute Gasteiger partial charge is 0.419 e. The van der Waals surface area contributed by atoms with Crippen molar-refractivity contribution in [3.63, 3.8) is 0 Å². The van der Waals surface area contributed by atoms with Crippen LogP contribution in [-0.2, 0) is 12.8 Å². The molecule has 0 amide bonds. The Morgan fingerprint density at radius 3 is 2.35 bits per heavy atom. The number of halogens is 4. The Morgan fingerprint density at radius 1 is 1.05 bits per heavy atom. The molecule has 2 aromatic carbocycles. The minimum Gasteiger partial charge on any atom is -0.456 e. The average Bonchev–Trinajstić information content (AvgIpc) is 2.40. The van der Waals surface area contributed by atoms with Gasteiger partial charge in [0.2, 0.25) is 0 Å². The minimum atomic E-state index is -4.48. The van der Waals surface area contributed by atoms with E-state index in [0.717, 1.165) is 6.07 Å². The van der Waals surface area contributed by atoms with Crippen LogP contribution in [0.1, 0.15) is 11.1 Å². The number of para-hydroxylation sites is 1. The third-order valence-corrected chi connectivity index (χ3v) is 3.21. The Morgan fingerprint density at radius 2 is 1.75 bits per heavy atom. The SMILES string of the molecule is OCc1ccc(Oc2ccccc2C(F)(F)F)c(Br)c1. The number of alkyl halides is 3. The molecular weight excluding hydrogens is 337 g/mol. The number of aliphatic hydroxyl groups excluding tert-OH is 1. The van der Waals surface area contributed by atoms with E-state index in [0.29, 0.717) is 10.0 Å². The molecule has 0 unspecified atom stereocenters. The van der Waals surface area contributed by atoms with Gasteiger partial charge in [0.25, 0.3) is 0 Å². The van der Waals surface area contributed by atoms with Gasteiger partial charge in [-0.25, -0.2) is 0 Å². The van der Waals surface area contributed by atoms with E-state index in [4.69, 9.17) is 9.84 Å². The summed E-state index contributed by atoms with van der Waals surface area (Å²) in [5.74, 6) is -0.0173. The van der Waals surface area contributed by atoms with Crippen LogP contribution in [0.25, 0.3) is 0 Å². The van der Waals surface area contributed by atoms with Gasteiger partial charge in [-0.1, -0.05) is 18.2 Å². The van der Waals surface area contributed by atoms with Gasteiger partial charge in [-0.05, 0) is 45.8 Å². The van der Waals surface area contributed by atoms with E-state index in [9.17, 15) is 13.2 Å². The fraction of sp³-hybridized carbons (Fsp3) is 0.143. The number of rotatable bonds is 3. The third kappa shape index (κ3) is 3.32. The van der Waals surface area contributed by atoms with Crippen LogP contribution in [-0.4, -0.2) is 5.11 Å². The number of hydrogen-bond acceptors (Lipinski definition) is 2. The van der Waals surface area contributed by atoms with Gasteiger partial charge in [0.05, 0.1) is 16.6 Å². The number of aliphatic hydroxyl groups is 1. The van der Waals surface area contributed by atoms with Crippen LogP contribution in [0.2, 0.25) is 0 Å². The molecule has 106 valence electrons. The van der Waals surface area contributed by atoms with Crippen LogP contribution >= 0.6 is 15.9 Å². The first-order valence-electron chi connectivity index (χ1n) is 5.65. The van der Waals surface area contributed by atoms with Crippen molar-refractivity contribution in [3.05, 3.63) is 58.1 Å². The first kappa shape index (κ1) is 14.9. The summed E-state index contributed by atoms with van der Waals surface area (Å²) in [4.78, 5) is 0. The standard InChI is InChI=1S/C14H10BrF3O2/c15-11-7-9(8-19)5-6-13(11)20-12-4-2-1-3-10(12)14(16,17)18/h1-7,19H,8H2. The monoisotopic (exact) mass is 346 g/mol. The molecule has 0 fully saturated rings. The number of hydrogen-bond donors (Lipinski definition) is 1. The van der Waals surface area contributed by atoms with Crippen molar-refractivity contribution in [1.29, 1.82) is 0 Å². The molecule has 0 radical (unpaired) electrons. The molecule has 2 rings (SSSR count). The van der Waals surface area contributed by atoms with Crippen LogP contribution in [0.4, 0.5) is 13.2 Å². The van der Waals surface area contributed by atoms with Gasteiger partial charge in [-0.3, -0.25) is 0 Å². The third-order valence-electron chi connectivity index (χ3n) is 2.59. The van der Waals surface area contributed by atoms with Gasteiger partial charge in [0.1, 0.15) is 11.5 Å². The van der Waals surface area contributed by atoms with Gasteiger partial charge in [0.15, 0.2) is 0 Å². The molecule has 2 nitrogen and oxygen atoms in total. The van der Waals surface area contributed by atoms with Crippen molar-refractivity contribution in [2.45, 2.75) is 12.8 Å². The quantitative estimate of drug-likeness (QED) is 0.868. The predicted molar refractivity (Wildman–Crippen MR) is 71.6 cm³/mol. The summed E-state index contributed by atoms with van der Waals surface area (Å²) >= 11 is 3.20. The van der Waals surface area contributed by atoms with E-state index in [1.165, 1.54) is 24.3 Å². The Kier molecular flexibility index (Phi) is 4.35. The van der Waals surface area contributed by atoms with Crippen LogP contribution in [0, 0.1) is 0 Å². The second kappa shape index (κ2) is 5.85. The van der Waals surface area contributed by atoms with Gasteiger partial charge >= 0.3 is 6.18 Å². The molecule has 20 heavy (non-hydrogen) atoms. The fourth-order valence-corrected chi connectivity index (χ4v) is 2.14. The van der Waals surface area contributed by atoms with Crippen molar-refractivity contribution < 1.29 is 23.0 Å². The van der Waals surface area contributed by atoms with Crippen molar-refractivity contribution in [3.8, 4) is 11.5 Å². The Bertz CT molecular complexity index is 612. The highest BCUT2D eigenvalue weighted by atomic mass is 79.9. The number of ether oxygens (including phenoxy) is 1. The molecule has 2 aromatic rings. The summed E-state index contributed by atoms with van der Waals surface area (Å²) < 4.78 is 44.3. The zero-order valence-electron chi connectivity index (χ0n) is 10.1. The fourth-order valence-electron chi connectivity index (χ4n) is 1.63. The van der Waals surface area contributed by atoms with Crippen LogP contribution in [0.5, 0.6) is 11.5 Å². The summed E-state index contributed by atoms with van der Waals surface area (Å²) in [6.07, 6.45) is -4.48. The highest BCUT2D eigenvalue weighted by Gasteiger charge is 2.34. The lowest BCUT2D eigenvalue weighted by molar-refractivity contribution is -0.138. The summed E-state index contributed by atoms with van der Waals surface area (Å²) in [5, 5.41) is 8.98. The Balaban J connectivity index is 2.36. The molecule has 0 saturated carbocycles. The highest BCUT2D eigenvalue weighted by molar-refractivity contribution is 9.10. The molecule has 0 aromatic heterocycles. The normalized spacial score (nSPS) is 11.4. The molecule has 0 heterocycles. The van der Waals surface area contributed by atoms with Crippen molar-refractivity contribution in [2.75, 3.05) is 0 Å². The zero-order chi connectivity index (χ0) is 14.8. The Hall–Kier alpha value is -1.53. The molecule has 1 N–H and O–H groups in total. The summed E-state index contributed by atoms with van der Waals surface area (Å²) in [6, 6.07) is 9.67. The maximum Gasteiger partial charge on any atom is 0.419 e. The number of benzene rings is 2. The average molecular weight is 347 g/mol. The molecule has 0 spiro atoms. The van der Waals surface area contributed by atoms with E-state index in [1.807, 2.05) is 0 Å². The first-order chi connectivity index (χ1) is 9.41. The maximum atomic E-state index is 12.8. The van der Waals surface area contributed by atoms with Gasteiger partial charge in [-0.2, -0.15) is 13.2 Å². The molecule has 0 bridgehead atoms. The molecule has 0 atom stereocenters. The molecule has 0 saturated heterocycles. The zero-order valence-corrected chi connectivity index (χ0v) is 11.7. The summed E-state index contributed by atoms with van der Waals surface area (Å²) in [6.45, 7) is -0.155. The summed E-state index contributed by atoms with van der Waals surface area (Å²) in [5.41, 5.74) is -0.202. The maximum absolute atomic E-state index is 12.8. The lowest BCUT2D eigenvalue weighted by Crippen LogP contribution is -2.06. The molecule has 0 aliphatic heterocycles. The first-order valence-corrected chi connectivity index (χ1v) is 6.44. The van der Waals surface area contributed by atoms with E-state index in [-0.39, 0.29) is 18.1 Å². The lowest BCUT2D eigenvalue weighted by Gasteiger charge is -2.14. The van der Waals surface area contributed by atoms with Crippen LogP contribution in [0.15, 0.2) is 46.9 Å². The van der Waals surface area contributed by atoms with Gasteiger partial charge in [0, 0.05) is 0 Å². The molecule has 0 aliphatic carbocycles. The highest BCUT2D eigenvalue weighted by Crippen LogP contribution is 2.39. The molecule has 0 aliphatic rings. The van der Waals surface area contributed by atoms with Gasteiger partial charge in [-0.15, -0.1) is 0 Å². The summed E-state index contributed by atoms with van der Waals surface area (Å²) in [7, 11) is 0. The van der Waals surface area contributed by atoms with Crippen molar-refractivity contribution in [2.24, 2.45) is 0 Å². The second-order valence-electron chi connectivity index (χ2n) is 4.02. The van der Waals surface area contributed by atoms with Crippen molar-refractivity contribution in [1.82, 2.24) is 0 Å². The largest absolute Gasteiger partial charge is 0.456 e. The van der Waals surface area contributed by atoms with E-state index in [1.54, 1.807) is 12.1 Å². The van der Waals surface area contributed by atoms with Crippen LogP contribution in [0.3, 0.4) is 0 Å². The minimum absolute atomic E-state index is 0.155. The van der Waals surface area contributed by atoms with Crippen LogP contribution < -0.4 is 4.74 Å². The van der Waals surface area contributed by atoms with E-state index >= 15 is 0 Å².